The van der Waals surface area contributed by atoms with Gasteiger partial charge in [-0.05, 0) is 30.7 Å². The second kappa shape index (κ2) is 8.30. The minimum Gasteiger partial charge on any atom is -0.465 e. The maximum atomic E-state index is 12.0. The molecule has 2 rings (SSSR count). The van der Waals surface area contributed by atoms with Crippen LogP contribution in [0.2, 0.25) is 5.02 Å². The molecule has 0 saturated carbocycles. The van der Waals surface area contributed by atoms with E-state index in [-0.39, 0.29) is 22.8 Å². The van der Waals surface area contributed by atoms with Gasteiger partial charge < -0.3 is 15.4 Å². The highest BCUT2D eigenvalue weighted by atomic mass is 35.5. The molecule has 2 N–H and O–H groups in total. The van der Waals surface area contributed by atoms with E-state index < -0.39 is 17.8 Å². The summed E-state index contributed by atoms with van der Waals surface area (Å²) in [6.07, 6.45) is 0. The first-order valence-electron chi connectivity index (χ1n) is 7.43. The van der Waals surface area contributed by atoms with Crippen molar-refractivity contribution in [1.29, 1.82) is 0 Å². The summed E-state index contributed by atoms with van der Waals surface area (Å²) in [5, 5.41) is 5.12. The van der Waals surface area contributed by atoms with Crippen molar-refractivity contribution in [1.82, 2.24) is 5.32 Å². The van der Waals surface area contributed by atoms with Crippen LogP contribution in [0.4, 0.5) is 5.69 Å². The normalized spacial score (nSPS) is 10.0. The lowest BCUT2D eigenvalue weighted by Gasteiger charge is -2.09. The Balaban J connectivity index is 2.01. The monoisotopic (exact) mass is 360 g/mol. The van der Waals surface area contributed by atoms with Gasteiger partial charge in [0.1, 0.15) is 0 Å². The van der Waals surface area contributed by atoms with Crippen LogP contribution in [0.5, 0.6) is 0 Å². The number of halogens is 1. The van der Waals surface area contributed by atoms with E-state index >= 15 is 0 Å². The van der Waals surface area contributed by atoms with Crippen molar-refractivity contribution < 1.29 is 19.1 Å². The van der Waals surface area contributed by atoms with Crippen LogP contribution in [0.15, 0.2) is 42.5 Å². The SMILES string of the molecule is COC(=O)c1ccc(Cl)c(NC(=O)C(=O)NCc2cccc(C)c2)c1. The standard InChI is InChI=1S/C18H17ClN2O4/c1-11-4-3-5-12(8-11)10-20-16(22)17(23)21-15-9-13(18(24)25-2)6-7-14(15)19/h3-9H,10H2,1-2H3,(H,20,22)(H,21,23). The average molecular weight is 361 g/mol. The maximum Gasteiger partial charge on any atom is 0.337 e. The molecule has 0 fully saturated rings. The molecule has 0 spiro atoms. The number of hydrogen-bond acceptors (Lipinski definition) is 4. The summed E-state index contributed by atoms with van der Waals surface area (Å²) in [6, 6.07) is 11.8. The first-order chi connectivity index (χ1) is 11.9. The molecule has 25 heavy (non-hydrogen) atoms. The van der Waals surface area contributed by atoms with E-state index in [0.29, 0.717) is 0 Å². The molecule has 2 aromatic rings. The fourth-order valence-electron chi connectivity index (χ4n) is 2.13. The van der Waals surface area contributed by atoms with E-state index in [2.05, 4.69) is 15.4 Å². The number of rotatable bonds is 4. The number of carbonyl (C=O) groups is 3. The van der Waals surface area contributed by atoms with Crippen LogP contribution in [0.3, 0.4) is 0 Å². The average Bonchev–Trinajstić information content (AvgIpc) is 2.60. The highest BCUT2D eigenvalue weighted by Gasteiger charge is 2.16. The first-order valence-corrected chi connectivity index (χ1v) is 7.81. The number of benzene rings is 2. The van der Waals surface area contributed by atoms with Gasteiger partial charge in [0.25, 0.3) is 0 Å². The lowest BCUT2D eigenvalue weighted by atomic mass is 10.1. The number of methoxy groups -OCH3 is 1. The topological polar surface area (TPSA) is 84.5 Å². The van der Waals surface area contributed by atoms with Crippen LogP contribution in [-0.2, 0) is 20.9 Å². The van der Waals surface area contributed by atoms with Crippen molar-refractivity contribution >= 4 is 35.1 Å². The number of nitrogens with one attached hydrogen (secondary N) is 2. The van der Waals surface area contributed by atoms with Crippen molar-refractivity contribution in [3.8, 4) is 0 Å². The van der Waals surface area contributed by atoms with Gasteiger partial charge in [0.2, 0.25) is 0 Å². The predicted molar refractivity (Wildman–Crippen MR) is 94.4 cm³/mol. The number of ether oxygens (including phenoxy) is 1. The van der Waals surface area contributed by atoms with Crippen LogP contribution in [0.25, 0.3) is 0 Å². The molecule has 130 valence electrons. The summed E-state index contributed by atoms with van der Waals surface area (Å²) in [7, 11) is 1.24. The first kappa shape index (κ1) is 18.5. The van der Waals surface area contributed by atoms with Crippen molar-refractivity contribution in [2.45, 2.75) is 13.5 Å². The van der Waals surface area contributed by atoms with Gasteiger partial charge in [-0.3, -0.25) is 9.59 Å². The van der Waals surface area contributed by atoms with Crippen LogP contribution < -0.4 is 10.6 Å². The molecule has 2 aromatic carbocycles. The number of aryl methyl sites for hydroxylation is 1. The summed E-state index contributed by atoms with van der Waals surface area (Å²) < 4.78 is 4.61. The van der Waals surface area contributed by atoms with E-state index in [9.17, 15) is 14.4 Å². The second-order valence-corrected chi connectivity index (χ2v) is 5.72. The molecule has 2 amide bonds. The zero-order valence-corrected chi connectivity index (χ0v) is 14.5. The Bertz CT molecular complexity index is 820. The third-order valence-corrected chi connectivity index (χ3v) is 3.71. The molecule has 0 unspecified atom stereocenters. The Kier molecular flexibility index (Phi) is 6.14. The van der Waals surface area contributed by atoms with Gasteiger partial charge in [0.05, 0.1) is 23.4 Å². The van der Waals surface area contributed by atoms with Gasteiger partial charge in [0, 0.05) is 6.54 Å². The smallest absolute Gasteiger partial charge is 0.337 e. The highest BCUT2D eigenvalue weighted by molar-refractivity contribution is 6.41. The number of anilines is 1. The quantitative estimate of drug-likeness (QED) is 0.648. The van der Waals surface area contributed by atoms with E-state index in [1.807, 2.05) is 31.2 Å². The zero-order valence-electron chi connectivity index (χ0n) is 13.8. The lowest BCUT2D eigenvalue weighted by Crippen LogP contribution is -2.35. The number of esters is 1. The molecule has 0 aliphatic heterocycles. The van der Waals surface area contributed by atoms with E-state index in [0.717, 1.165) is 11.1 Å². The molecule has 7 heteroatoms. The summed E-state index contributed by atoms with van der Waals surface area (Å²) in [4.78, 5) is 35.5. The van der Waals surface area contributed by atoms with Crippen molar-refractivity contribution in [2.75, 3.05) is 12.4 Å². The van der Waals surface area contributed by atoms with Gasteiger partial charge in [0.15, 0.2) is 0 Å². The molecule has 0 aliphatic carbocycles. The second-order valence-electron chi connectivity index (χ2n) is 5.31. The lowest BCUT2D eigenvalue weighted by molar-refractivity contribution is -0.136. The van der Waals surface area contributed by atoms with Crippen molar-refractivity contribution in [3.63, 3.8) is 0 Å². The Morgan fingerprint density at radius 3 is 2.52 bits per heavy atom. The summed E-state index contributed by atoms with van der Waals surface area (Å²) in [5.41, 5.74) is 2.30. The minimum atomic E-state index is -0.878. The molecule has 0 heterocycles. The molecule has 0 aliphatic rings. The summed E-state index contributed by atoms with van der Waals surface area (Å²) >= 11 is 5.98. The Morgan fingerprint density at radius 1 is 1.08 bits per heavy atom. The Morgan fingerprint density at radius 2 is 1.84 bits per heavy atom. The van der Waals surface area contributed by atoms with Gasteiger partial charge in [-0.25, -0.2) is 4.79 Å². The molecule has 0 saturated heterocycles. The van der Waals surface area contributed by atoms with E-state index in [1.54, 1.807) is 0 Å². The van der Waals surface area contributed by atoms with Crippen molar-refractivity contribution in [2.24, 2.45) is 0 Å². The highest BCUT2D eigenvalue weighted by Crippen LogP contribution is 2.23. The number of amides is 2. The van der Waals surface area contributed by atoms with E-state index in [1.165, 1.54) is 25.3 Å². The Hall–Kier alpha value is -2.86. The fraction of sp³-hybridized carbons (Fsp3) is 0.167. The third kappa shape index (κ3) is 5.06. The molecule has 0 radical (unpaired) electrons. The molecule has 0 aromatic heterocycles. The minimum absolute atomic E-state index is 0.153. The summed E-state index contributed by atoms with van der Waals surface area (Å²) in [6.45, 7) is 2.16. The molecule has 0 atom stereocenters. The predicted octanol–water partition coefficient (Wildman–Crippen LogP) is 2.69. The molecular formula is C18H17ClN2O4. The van der Waals surface area contributed by atoms with Crippen molar-refractivity contribution in [3.05, 3.63) is 64.2 Å². The zero-order chi connectivity index (χ0) is 18.4. The van der Waals surface area contributed by atoms with Gasteiger partial charge in [-0.15, -0.1) is 0 Å². The largest absolute Gasteiger partial charge is 0.465 e. The van der Waals surface area contributed by atoms with Gasteiger partial charge >= 0.3 is 17.8 Å². The van der Waals surface area contributed by atoms with Crippen LogP contribution in [0, 0.1) is 6.92 Å². The van der Waals surface area contributed by atoms with E-state index in [4.69, 9.17) is 11.6 Å². The van der Waals surface area contributed by atoms with Crippen LogP contribution in [-0.4, -0.2) is 24.9 Å². The fourth-order valence-corrected chi connectivity index (χ4v) is 2.29. The number of hydrogen-bond donors (Lipinski definition) is 2. The number of carbonyl (C=O) groups excluding carboxylic acids is 3. The molecule has 0 bridgehead atoms. The maximum absolute atomic E-state index is 12.0. The third-order valence-electron chi connectivity index (χ3n) is 3.38. The molecular weight excluding hydrogens is 344 g/mol. The van der Waals surface area contributed by atoms with Crippen LogP contribution >= 0.6 is 11.6 Å². The van der Waals surface area contributed by atoms with Gasteiger partial charge in [-0.2, -0.15) is 0 Å². The Labute approximate surface area is 150 Å². The molecule has 6 nitrogen and oxygen atoms in total. The van der Waals surface area contributed by atoms with Gasteiger partial charge in [-0.1, -0.05) is 41.4 Å². The van der Waals surface area contributed by atoms with Crippen LogP contribution in [0.1, 0.15) is 21.5 Å². The summed E-state index contributed by atoms with van der Waals surface area (Å²) in [5.74, 6) is -2.26.